The normalized spacial score (nSPS) is 33.0. The second-order valence-electron chi connectivity index (χ2n) is 5.99. The van der Waals surface area contributed by atoms with Crippen molar-refractivity contribution in [2.24, 2.45) is 0 Å². The summed E-state index contributed by atoms with van der Waals surface area (Å²) in [6, 6.07) is 10.4. The van der Waals surface area contributed by atoms with Crippen LogP contribution in [-0.4, -0.2) is 34.8 Å². The Morgan fingerprint density at radius 2 is 2.00 bits per heavy atom. The summed E-state index contributed by atoms with van der Waals surface area (Å²) in [4.78, 5) is 26.2. The number of hydrogen-bond acceptors (Lipinski definition) is 2. The Bertz CT molecular complexity index is 543. The SMILES string of the molecule is CCC1(C)NC(=O)CN(C2CC2c2ccccc2)C1=O. The summed E-state index contributed by atoms with van der Waals surface area (Å²) in [7, 11) is 0. The molecule has 106 valence electrons. The lowest BCUT2D eigenvalue weighted by Crippen LogP contribution is -2.65. The zero-order chi connectivity index (χ0) is 14.3. The van der Waals surface area contributed by atoms with Crippen LogP contribution in [0.3, 0.4) is 0 Å². The Morgan fingerprint density at radius 3 is 2.65 bits per heavy atom. The highest BCUT2D eigenvalue weighted by atomic mass is 16.2. The van der Waals surface area contributed by atoms with Gasteiger partial charge in [0, 0.05) is 12.0 Å². The zero-order valence-electron chi connectivity index (χ0n) is 11.9. The van der Waals surface area contributed by atoms with E-state index in [1.54, 1.807) is 4.90 Å². The van der Waals surface area contributed by atoms with Crippen molar-refractivity contribution in [3.05, 3.63) is 35.9 Å². The number of nitrogens with one attached hydrogen (secondary N) is 1. The quantitative estimate of drug-likeness (QED) is 0.910. The number of rotatable bonds is 3. The van der Waals surface area contributed by atoms with Crippen LogP contribution in [0.2, 0.25) is 0 Å². The molecule has 20 heavy (non-hydrogen) atoms. The first-order valence-electron chi connectivity index (χ1n) is 7.22. The van der Waals surface area contributed by atoms with Gasteiger partial charge < -0.3 is 10.2 Å². The molecule has 0 radical (unpaired) electrons. The second-order valence-corrected chi connectivity index (χ2v) is 5.99. The van der Waals surface area contributed by atoms with Gasteiger partial charge in [-0.15, -0.1) is 0 Å². The molecule has 1 aromatic rings. The van der Waals surface area contributed by atoms with Crippen molar-refractivity contribution < 1.29 is 9.59 Å². The van der Waals surface area contributed by atoms with Gasteiger partial charge in [0.05, 0.1) is 6.54 Å². The average molecular weight is 272 g/mol. The van der Waals surface area contributed by atoms with Gasteiger partial charge in [-0.3, -0.25) is 9.59 Å². The lowest BCUT2D eigenvalue weighted by Gasteiger charge is -2.39. The Balaban J connectivity index is 1.78. The summed E-state index contributed by atoms with van der Waals surface area (Å²) in [5.41, 5.74) is 0.522. The fourth-order valence-corrected chi connectivity index (χ4v) is 3.04. The molecule has 1 N–H and O–H groups in total. The van der Waals surface area contributed by atoms with Crippen LogP contribution in [0, 0.1) is 0 Å². The highest BCUT2D eigenvalue weighted by Crippen LogP contribution is 2.45. The van der Waals surface area contributed by atoms with E-state index >= 15 is 0 Å². The molecule has 0 aromatic heterocycles. The molecule has 1 heterocycles. The standard InChI is InChI=1S/C16H20N2O2/c1-3-16(2)15(20)18(10-14(19)17-16)13-9-12(13)11-7-5-4-6-8-11/h4-8,12-13H,3,9-10H2,1-2H3,(H,17,19). The molecule has 1 saturated heterocycles. The number of amides is 2. The van der Waals surface area contributed by atoms with Crippen molar-refractivity contribution in [2.75, 3.05) is 6.54 Å². The maximum atomic E-state index is 12.6. The highest BCUT2D eigenvalue weighted by molar-refractivity contribution is 5.98. The lowest BCUT2D eigenvalue weighted by molar-refractivity contribution is -0.150. The molecule has 4 nitrogen and oxygen atoms in total. The van der Waals surface area contributed by atoms with Gasteiger partial charge in [0.2, 0.25) is 11.8 Å². The Morgan fingerprint density at radius 1 is 1.30 bits per heavy atom. The predicted molar refractivity (Wildman–Crippen MR) is 76.1 cm³/mol. The van der Waals surface area contributed by atoms with Crippen molar-refractivity contribution in [3.63, 3.8) is 0 Å². The molecule has 1 aromatic carbocycles. The van der Waals surface area contributed by atoms with Gasteiger partial charge in [-0.05, 0) is 25.3 Å². The number of nitrogens with zero attached hydrogens (tertiary/aromatic N) is 1. The molecular weight excluding hydrogens is 252 g/mol. The first kappa shape index (κ1) is 13.2. The molecule has 4 heteroatoms. The van der Waals surface area contributed by atoms with Crippen LogP contribution in [-0.2, 0) is 9.59 Å². The van der Waals surface area contributed by atoms with E-state index in [4.69, 9.17) is 0 Å². The third-order valence-electron chi connectivity index (χ3n) is 4.55. The summed E-state index contributed by atoms with van der Waals surface area (Å²) in [5, 5.41) is 2.83. The first-order chi connectivity index (χ1) is 9.55. The number of carbonyl (C=O) groups excluding carboxylic acids is 2. The van der Waals surface area contributed by atoms with Crippen LogP contribution in [0.5, 0.6) is 0 Å². The molecule has 2 fully saturated rings. The number of hydrogen-bond donors (Lipinski definition) is 1. The molecule has 2 aliphatic rings. The highest BCUT2D eigenvalue weighted by Gasteiger charge is 2.51. The molecule has 1 aliphatic carbocycles. The van der Waals surface area contributed by atoms with Gasteiger partial charge in [0.25, 0.3) is 0 Å². The minimum absolute atomic E-state index is 0.0485. The van der Waals surface area contributed by atoms with E-state index in [1.165, 1.54) is 5.56 Å². The van der Waals surface area contributed by atoms with Crippen molar-refractivity contribution in [1.29, 1.82) is 0 Å². The molecule has 0 spiro atoms. The van der Waals surface area contributed by atoms with Crippen LogP contribution >= 0.6 is 0 Å². The third kappa shape index (κ3) is 2.09. The van der Waals surface area contributed by atoms with Crippen LogP contribution in [0.25, 0.3) is 0 Å². The Kier molecular flexibility index (Phi) is 3.04. The first-order valence-corrected chi connectivity index (χ1v) is 7.22. The molecule has 2 amide bonds. The van der Waals surface area contributed by atoms with Gasteiger partial charge in [-0.2, -0.15) is 0 Å². The van der Waals surface area contributed by atoms with Crippen molar-refractivity contribution in [2.45, 2.75) is 44.2 Å². The Labute approximate surface area is 119 Å². The number of carbonyl (C=O) groups is 2. The predicted octanol–water partition coefficient (Wildman–Crippen LogP) is 1.67. The van der Waals surface area contributed by atoms with E-state index < -0.39 is 5.54 Å². The van der Waals surface area contributed by atoms with E-state index in [-0.39, 0.29) is 24.4 Å². The molecule has 3 rings (SSSR count). The van der Waals surface area contributed by atoms with Crippen molar-refractivity contribution in [3.8, 4) is 0 Å². The number of piperazine rings is 1. The number of benzene rings is 1. The van der Waals surface area contributed by atoms with E-state index in [0.29, 0.717) is 12.3 Å². The monoisotopic (exact) mass is 272 g/mol. The molecule has 1 saturated carbocycles. The lowest BCUT2D eigenvalue weighted by atomic mass is 9.94. The van der Waals surface area contributed by atoms with Crippen molar-refractivity contribution in [1.82, 2.24) is 10.2 Å². The fraction of sp³-hybridized carbons (Fsp3) is 0.500. The summed E-state index contributed by atoms with van der Waals surface area (Å²) in [5.74, 6) is 0.392. The molecular formula is C16H20N2O2. The van der Waals surface area contributed by atoms with Gasteiger partial charge in [-0.1, -0.05) is 37.3 Å². The molecule has 3 unspecified atom stereocenters. The minimum atomic E-state index is -0.737. The maximum absolute atomic E-state index is 12.6. The average Bonchev–Trinajstić information content (AvgIpc) is 3.24. The van der Waals surface area contributed by atoms with Crippen LogP contribution < -0.4 is 5.32 Å². The third-order valence-corrected chi connectivity index (χ3v) is 4.55. The summed E-state index contributed by atoms with van der Waals surface area (Å²) in [6.45, 7) is 3.95. The Hall–Kier alpha value is -1.84. The van der Waals surface area contributed by atoms with Gasteiger partial charge in [-0.25, -0.2) is 0 Å². The van der Waals surface area contributed by atoms with Gasteiger partial charge in [0.15, 0.2) is 0 Å². The zero-order valence-corrected chi connectivity index (χ0v) is 11.9. The van der Waals surface area contributed by atoms with Gasteiger partial charge in [0.1, 0.15) is 5.54 Å². The molecule has 0 bridgehead atoms. The van der Waals surface area contributed by atoms with Crippen LogP contribution in [0.4, 0.5) is 0 Å². The smallest absolute Gasteiger partial charge is 0.248 e. The molecule has 3 atom stereocenters. The second kappa shape index (κ2) is 4.62. The van der Waals surface area contributed by atoms with Gasteiger partial charge >= 0.3 is 0 Å². The van der Waals surface area contributed by atoms with E-state index in [2.05, 4.69) is 17.4 Å². The summed E-state index contributed by atoms with van der Waals surface area (Å²) < 4.78 is 0. The molecule has 1 aliphatic heterocycles. The summed E-state index contributed by atoms with van der Waals surface area (Å²) in [6.07, 6.45) is 1.58. The fourth-order valence-electron chi connectivity index (χ4n) is 3.04. The minimum Gasteiger partial charge on any atom is -0.340 e. The van der Waals surface area contributed by atoms with E-state index in [9.17, 15) is 9.59 Å². The van der Waals surface area contributed by atoms with Crippen molar-refractivity contribution >= 4 is 11.8 Å². The van der Waals surface area contributed by atoms with E-state index in [1.807, 2.05) is 32.0 Å². The summed E-state index contributed by atoms with van der Waals surface area (Å²) >= 11 is 0. The van der Waals surface area contributed by atoms with E-state index in [0.717, 1.165) is 6.42 Å². The van der Waals surface area contributed by atoms with Crippen LogP contribution in [0.15, 0.2) is 30.3 Å². The largest absolute Gasteiger partial charge is 0.340 e. The maximum Gasteiger partial charge on any atom is 0.248 e. The van der Waals surface area contributed by atoms with Crippen LogP contribution in [0.1, 0.15) is 38.2 Å². The topological polar surface area (TPSA) is 49.4 Å².